The van der Waals surface area contributed by atoms with E-state index in [-0.39, 0.29) is 5.91 Å². The van der Waals surface area contributed by atoms with Gasteiger partial charge in [-0.3, -0.25) is 9.36 Å². The average molecular weight is 367 g/mol. The van der Waals surface area contributed by atoms with Crippen molar-refractivity contribution in [1.29, 1.82) is 0 Å². The Kier molecular flexibility index (Phi) is 5.45. The largest absolute Gasteiger partial charge is 0.493 e. The number of methoxy groups -OCH3 is 2. The van der Waals surface area contributed by atoms with Gasteiger partial charge in [0.05, 0.1) is 25.3 Å². The fourth-order valence-electron chi connectivity index (χ4n) is 2.97. The second-order valence-electron chi connectivity index (χ2n) is 5.93. The first-order valence-corrected chi connectivity index (χ1v) is 8.63. The number of nitrogens with zero attached hydrogens (tertiary/aromatic N) is 1. The molecule has 0 amide bonds. The molecule has 0 N–H and O–H groups in total. The van der Waals surface area contributed by atoms with Crippen LogP contribution in [0.1, 0.15) is 28.5 Å². The zero-order chi connectivity index (χ0) is 19.4. The molecule has 0 spiro atoms. The Bertz CT molecular complexity index is 976. The molecule has 2 aromatic carbocycles. The monoisotopic (exact) mass is 367 g/mol. The van der Waals surface area contributed by atoms with Gasteiger partial charge in [-0.25, -0.2) is 4.79 Å². The molecule has 3 rings (SSSR count). The Labute approximate surface area is 157 Å². The summed E-state index contributed by atoms with van der Waals surface area (Å²) in [6.45, 7) is 1.87. The van der Waals surface area contributed by atoms with Gasteiger partial charge in [0, 0.05) is 11.6 Å². The van der Waals surface area contributed by atoms with Crippen LogP contribution >= 0.6 is 0 Å². The van der Waals surface area contributed by atoms with E-state index in [1.165, 1.54) is 17.9 Å². The van der Waals surface area contributed by atoms with Crippen LogP contribution < -0.4 is 9.47 Å². The Hall–Kier alpha value is -3.28. The highest BCUT2D eigenvalue weighted by atomic mass is 16.5. The van der Waals surface area contributed by atoms with Crippen molar-refractivity contribution in [2.45, 2.75) is 19.4 Å². The van der Waals surface area contributed by atoms with Gasteiger partial charge in [0.2, 0.25) is 0 Å². The van der Waals surface area contributed by atoms with Crippen molar-refractivity contribution in [3.63, 3.8) is 0 Å². The first kappa shape index (κ1) is 18.5. The maximum absolute atomic E-state index is 13.2. The molecule has 1 heterocycles. The van der Waals surface area contributed by atoms with Gasteiger partial charge < -0.3 is 14.2 Å². The van der Waals surface area contributed by atoms with Crippen LogP contribution in [0.3, 0.4) is 0 Å². The van der Waals surface area contributed by atoms with E-state index < -0.39 is 12.1 Å². The van der Waals surface area contributed by atoms with E-state index in [4.69, 9.17) is 14.2 Å². The summed E-state index contributed by atoms with van der Waals surface area (Å²) in [6, 6.07) is 14.4. The fraction of sp³-hybridized carbons (Fsp3) is 0.238. The number of para-hydroxylation sites is 3. The number of ether oxygens (including phenoxy) is 3. The number of fused-ring (bicyclic) bond motifs is 1. The third-order valence-corrected chi connectivity index (χ3v) is 4.34. The zero-order valence-corrected chi connectivity index (χ0v) is 15.5. The molecule has 140 valence electrons. The first-order valence-electron chi connectivity index (χ1n) is 8.63. The molecule has 0 aliphatic carbocycles. The summed E-state index contributed by atoms with van der Waals surface area (Å²) in [5, 5.41) is 0.657. The van der Waals surface area contributed by atoms with Crippen LogP contribution in [-0.2, 0) is 4.74 Å². The Balaban J connectivity index is 2.00. The van der Waals surface area contributed by atoms with Crippen molar-refractivity contribution >= 4 is 22.8 Å². The van der Waals surface area contributed by atoms with Gasteiger partial charge in [-0.2, -0.15) is 0 Å². The van der Waals surface area contributed by atoms with E-state index in [1.54, 1.807) is 31.4 Å². The van der Waals surface area contributed by atoms with Crippen molar-refractivity contribution in [1.82, 2.24) is 4.57 Å². The highest BCUT2D eigenvalue weighted by Gasteiger charge is 2.25. The van der Waals surface area contributed by atoms with Crippen molar-refractivity contribution < 1.29 is 23.8 Å². The number of carbonyl (C=O) groups is 2. The molecule has 1 atom stereocenters. The van der Waals surface area contributed by atoms with E-state index in [0.29, 0.717) is 34.4 Å². The maximum Gasteiger partial charge on any atom is 0.340 e. The van der Waals surface area contributed by atoms with Gasteiger partial charge in [0.25, 0.3) is 5.91 Å². The predicted octanol–water partition coefficient (Wildman–Crippen LogP) is 3.93. The quantitative estimate of drug-likeness (QED) is 0.618. The van der Waals surface area contributed by atoms with Gasteiger partial charge in [-0.15, -0.1) is 0 Å². The lowest BCUT2D eigenvalue weighted by Crippen LogP contribution is -2.31. The summed E-state index contributed by atoms with van der Waals surface area (Å²) in [7, 11) is 2.86. The minimum atomic E-state index is -0.734. The van der Waals surface area contributed by atoms with Crippen molar-refractivity contribution in [3.8, 4) is 11.5 Å². The number of aromatic nitrogens is 1. The second-order valence-corrected chi connectivity index (χ2v) is 5.93. The number of benzene rings is 2. The summed E-state index contributed by atoms with van der Waals surface area (Å²) >= 11 is 0. The van der Waals surface area contributed by atoms with Crippen LogP contribution in [0.4, 0.5) is 0 Å². The highest BCUT2D eigenvalue weighted by Crippen LogP contribution is 2.29. The third-order valence-electron chi connectivity index (χ3n) is 4.34. The lowest BCUT2D eigenvalue weighted by molar-refractivity contribution is 0.0602. The molecule has 0 aliphatic rings. The predicted molar refractivity (Wildman–Crippen MR) is 102 cm³/mol. The van der Waals surface area contributed by atoms with Crippen LogP contribution in [0.25, 0.3) is 10.9 Å². The van der Waals surface area contributed by atoms with Gasteiger partial charge in [-0.1, -0.05) is 37.3 Å². The second kappa shape index (κ2) is 7.95. The smallest absolute Gasteiger partial charge is 0.340 e. The van der Waals surface area contributed by atoms with E-state index >= 15 is 0 Å². The Morgan fingerprint density at radius 1 is 1.00 bits per heavy atom. The highest BCUT2D eigenvalue weighted by molar-refractivity contribution is 6.07. The minimum Gasteiger partial charge on any atom is -0.493 e. The lowest BCUT2D eigenvalue weighted by atomic mass is 10.2. The standard InChI is InChI=1S/C21H21NO5/c1-4-17(27-19-12-8-7-11-18(19)25-2)20(23)22-13-15(21(24)26-3)14-9-5-6-10-16(14)22/h5-13,17H,4H2,1-3H3/t17-/m1/s1. The lowest BCUT2D eigenvalue weighted by Gasteiger charge is -2.19. The molecular formula is C21H21NO5. The van der Waals surface area contributed by atoms with Crippen LogP contribution in [0.15, 0.2) is 54.7 Å². The number of carbonyl (C=O) groups excluding carboxylic acids is 2. The number of rotatable bonds is 6. The molecule has 0 fully saturated rings. The van der Waals surface area contributed by atoms with E-state index in [2.05, 4.69) is 0 Å². The average Bonchev–Trinajstić information content (AvgIpc) is 3.11. The van der Waals surface area contributed by atoms with Gasteiger partial charge >= 0.3 is 5.97 Å². The molecule has 27 heavy (non-hydrogen) atoms. The molecule has 1 aromatic heterocycles. The van der Waals surface area contributed by atoms with Crippen LogP contribution in [0.5, 0.6) is 11.5 Å². The Morgan fingerprint density at radius 2 is 1.67 bits per heavy atom. The summed E-state index contributed by atoms with van der Waals surface area (Å²) in [5.41, 5.74) is 0.971. The van der Waals surface area contributed by atoms with Crippen molar-refractivity contribution in [2.24, 2.45) is 0 Å². The minimum absolute atomic E-state index is 0.269. The molecule has 0 aliphatic heterocycles. The van der Waals surface area contributed by atoms with Crippen LogP contribution in [0.2, 0.25) is 0 Å². The normalized spacial score (nSPS) is 11.8. The molecule has 0 bridgehead atoms. The summed E-state index contributed by atoms with van der Waals surface area (Å²) < 4.78 is 17.5. The van der Waals surface area contributed by atoms with Gasteiger partial charge in [-0.05, 0) is 24.6 Å². The fourth-order valence-corrected chi connectivity index (χ4v) is 2.97. The van der Waals surface area contributed by atoms with Gasteiger partial charge in [0.1, 0.15) is 0 Å². The molecule has 6 heteroatoms. The topological polar surface area (TPSA) is 66.8 Å². The first-order chi connectivity index (χ1) is 13.1. The molecule has 6 nitrogen and oxygen atoms in total. The molecular weight excluding hydrogens is 346 g/mol. The number of esters is 1. The Morgan fingerprint density at radius 3 is 2.33 bits per heavy atom. The van der Waals surface area contributed by atoms with E-state index in [1.807, 2.05) is 31.2 Å². The van der Waals surface area contributed by atoms with Gasteiger partial charge in [0.15, 0.2) is 17.6 Å². The zero-order valence-electron chi connectivity index (χ0n) is 15.5. The third kappa shape index (κ3) is 3.51. The molecule has 0 radical (unpaired) electrons. The van der Waals surface area contributed by atoms with Crippen molar-refractivity contribution in [3.05, 3.63) is 60.3 Å². The summed E-state index contributed by atoms with van der Waals surface area (Å²) in [5.74, 6) is 0.285. The molecule has 0 unspecified atom stereocenters. The summed E-state index contributed by atoms with van der Waals surface area (Å²) in [4.78, 5) is 25.2. The maximum atomic E-state index is 13.2. The SMILES string of the molecule is CC[C@@H](Oc1ccccc1OC)C(=O)n1cc(C(=O)OC)c2ccccc21. The van der Waals surface area contributed by atoms with Crippen molar-refractivity contribution in [2.75, 3.05) is 14.2 Å². The molecule has 3 aromatic rings. The number of hydrogen-bond donors (Lipinski definition) is 0. The van der Waals surface area contributed by atoms with E-state index in [0.717, 1.165) is 0 Å². The molecule has 0 saturated heterocycles. The summed E-state index contributed by atoms with van der Waals surface area (Å²) in [6.07, 6.45) is 1.23. The molecule has 0 saturated carbocycles. The number of hydrogen-bond acceptors (Lipinski definition) is 5. The van der Waals surface area contributed by atoms with Crippen LogP contribution in [-0.4, -0.2) is 36.8 Å². The van der Waals surface area contributed by atoms with E-state index in [9.17, 15) is 9.59 Å². The van der Waals surface area contributed by atoms with Crippen LogP contribution in [0, 0.1) is 0 Å².